The van der Waals surface area contributed by atoms with E-state index in [0.717, 1.165) is 44.7 Å². The normalized spacial score (nSPS) is 13.8. The van der Waals surface area contributed by atoms with Crippen LogP contribution >= 0.6 is 0 Å². The molecule has 0 saturated heterocycles. The van der Waals surface area contributed by atoms with Gasteiger partial charge in [-0.2, -0.15) is 0 Å². The zero-order valence-electron chi connectivity index (χ0n) is 21.3. The molecule has 0 saturated carbocycles. The molecule has 0 bridgehead atoms. The first-order valence-corrected chi connectivity index (χ1v) is 16.5. The Morgan fingerprint density at radius 1 is 0.774 bits per heavy atom. The third-order valence-electron chi connectivity index (χ3n) is 5.88. The Bertz CT molecular complexity index is 398. The van der Waals surface area contributed by atoms with Crippen molar-refractivity contribution in [1.29, 1.82) is 0 Å². The lowest BCUT2D eigenvalue weighted by atomic mass is 10.2. The standard InChI is InChI=1S/C20H48N2O6Si3/c1-9-22(10-2)17-13-11-12-15-20(31(26-6,27-7)28-8)29-19-21-16-14-18-30(23-3,24-4)25-5/h20-21H,9-19H2,1-8H3. The van der Waals surface area contributed by atoms with Crippen LogP contribution in [0.25, 0.3) is 0 Å². The fourth-order valence-corrected chi connectivity index (χ4v) is 10.7. The molecule has 2 radical (unpaired) electrons. The maximum absolute atomic E-state index is 5.82. The van der Waals surface area contributed by atoms with Gasteiger partial charge >= 0.3 is 17.6 Å². The van der Waals surface area contributed by atoms with Gasteiger partial charge in [-0.15, -0.1) is 0 Å². The summed E-state index contributed by atoms with van der Waals surface area (Å²) in [6, 6.07) is 0.801. The third kappa shape index (κ3) is 11.3. The molecule has 0 aliphatic heterocycles. The Morgan fingerprint density at radius 3 is 1.84 bits per heavy atom. The van der Waals surface area contributed by atoms with E-state index < -0.39 is 17.6 Å². The average molecular weight is 497 g/mol. The van der Waals surface area contributed by atoms with Crippen molar-refractivity contribution in [3.05, 3.63) is 0 Å². The minimum atomic E-state index is -2.65. The third-order valence-corrected chi connectivity index (χ3v) is 14.5. The Morgan fingerprint density at radius 2 is 1.35 bits per heavy atom. The molecular weight excluding hydrogens is 448 g/mol. The summed E-state index contributed by atoms with van der Waals surface area (Å²) in [5.74, 6) is 0. The maximum atomic E-state index is 5.82. The molecule has 0 amide bonds. The highest BCUT2D eigenvalue weighted by atomic mass is 28.4. The first-order chi connectivity index (χ1) is 15.0. The van der Waals surface area contributed by atoms with Gasteiger partial charge in [0, 0.05) is 53.9 Å². The highest BCUT2D eigenvalue weighted by Gasteiger charge is 2.46. The van der Waals surface area contributed by atoms with Crippen molar-refractivity contribution >= 4 is 27.1 Å². The monoisotopic (exact) mass is 496 g/mol. The second-order valence-corrected chi connectivity index (χ2v) is 15.7. The van der Waals surface area contributed by atoms with Gasteiger partial charge in [0.05, 0.1) is 9.52 Å². The molecule has 0 aromatic heterocycles. The van der Waals surface area contributed by atoms with Crippen LogP contribution in [0.15, 0.2) is 0 Å². The molecule has 31 heavy (non-hydrogen) atoms. The van der Waals surface area contributed by atoms with Crippen LogP contribution < -0.4 is 5.32 Å². The second-order valence-electron chi connectivity index (χ2n) is 7.42. The van der Waals surface area contributed by atoms with Crippen molar-refractivity contribution < 1.29 is 26.6 Å². The summed E-state index contributed by atoms with van der Waals surface area (Å²) in [7, 11) is 5.68. The van der Waals surface area contributed by atoms with E-state index >= 15 is 0 Å². The molecule has 0 fully saturated rings. The Labute approximate surface area is 196 Å². The van der Waals surface area contributed by atoms with E-state index in [1.54, 1.807) is 42.7 Å². The van der Waals surface area contributed by atoms with Crippen LogP contribution in [0.5, 0.6) is 0 Å². The van der Waals surface area contributed by atoms with Gasteiger partial charge in [0.25, 0.3) is 0 Å². The first-order valence-electron chi connectivity index (χ1n) is 11.4. The summed E-state index contributed by atoms with van der Waals surface area (Å²) < 4.78 is 33.9. The average Bonchev–Trinajstić information content (AvgIpc) is 2.82. The van der Waals surface area contributed by atoms with E-state index in [-0.39, 0.29) is 0 Å². The zero-order valence-corrected chi connectivity index (χ0v) is 24.3. The summed E-state index contributed by atoms with van der Waals surface area (Å²) in [4.78, 5) is 2.48. The number of hydrogen-bond donors (Lipinski definition) is 1. The van der Waals surface area contributed by atoms with Crippen molar-refractivity contribution in [1.82, 2.24) is 10.2 Å². The van der Waals surface area contributed by atoms with Gasteiger partial charge in [0.2, 0.25) is 0 Å². The van der Waals surface area contributed by atoms with Crippen LogP contribution in [-0.2, 0) is 26.6 Å². The van der Waals surface area contributed by atoms with Gasteiger partial charge in [-0.1, -0.05) is 26.7 Å². The fourth-order valence-electron chi connectivity index (χ4n) is 3.75. The summed E-state index contributed by atoms with van der Waals surface area (Å²) in [5.41, 5.74) is 0. The van der Waals surface area contributed by atoms with Gasteiger partial charge in [0.15, 0.2) is 0 Å². The van der Waals surface area contributed by atoms with E-state index in [2.05, 4.69) is 24.1 Å². The molecule has 0 heterocycles. The minimum absolute atomic E-state index is 0.318. The minimum Gasteiger partial charge on any atom is -0.377 e. The fraction of sp³-hybridized carbons (Fsp3) is 1.00. The summed E-state index contributed by atoms with van der Waals surface area (Å²) in [6.07, 6.45) is 6.59. The highest BCUT2D eigenvalue weighted by Crippen LogP contribution is 2.28. The number of hydrogen-bond acceptors (Lipinski definition) is 8. The highest BCUT2D eigenvalue weighted by molar-refractivity contribution is 6.73. The molecule has 1 atom stereocenters. The van der Waals surface area contributed by atoms with Crippen molar-refractivity contribution in [2.24, 2.45) is 0 Å². The summed E-state index contributed by atoms with van der Waals surface area (Å²) in [6.45, 7) is 8.79. The zero-order chi connectivity index (χ0) is 23.6. The molecule has 0 rings (SSSR count). The van der Waals surface area contributed by atoms with Crippen molar-refractivity contribution in [2.45, 2.75) is 57.2 Å². The molecule has 0 aromatic rings. The molecule has 0 aliphatic carbocycles. The van der Waals surface area contributed by atoms with Crippen molar-refractivity contribution in [2.75, 3.05) is 75.0 Å². The van der Waals surface area contributed by atoms with Gasteiger partial charge in [-0.3, -0.25) is 0 Å². The van der Waals surface area contributed by atoms with Gasteiger partial charge in [0.1, 0.15) is 0 Å². The maximum Gasteiger partial charge on any atom is 0.500 e. The lowest BCUT2D eigenvalue weighted by molar-refractivity contribution is 0.118. The molecule has 1 unspecified atom stereocenters. The molecule has 11 heteroatoms. The molecule has 1 N–H and O–H groups in total. The van der Waals surface area contributed by atoms with Crippen LogP contribution in [-0.4, -0.2) is 107 Å². The van der Waals surface area contributed by atoms with E-state index in [1.165, 1.54) is 25.8 Å². The van der Waals surface area contributed by atoms with E-state index in [1.807, 2.05) is 0 Å². The van der Waals surface area contributed by atoms with Crippen LogP contribution in [0.1, 0.15) is 46.0 Å². The molecule has 186 valence electrons. The van der Waals surface area contributed by atoms with Gasteiger partial charge < -0.3 is 36.8 Å². The smallest absolute Gasteiger partial charge is 0.377 e. The summed E-state index contributed by atoms with van der Waals surface area (Å²) >= 11 is 0. The van der Waals surface area contributed by atoms with Crippen LogP contribution in [0.3, 0.4) is 0 Å². The van der Waals surface area contributed by atoms with Crippen molar-refractivity contribution in [3.63, 3.8) is 0 Å². The van der Waals surface area contributed by atoms with Crippen molar-refractivity contribution in [3.8, 4) is 0 Å². The molecular formula is C20H48N2O6Si3. The molecule has 8 nitrogen and oxygen atoms in total. The second kappa shape index (κ2) is 18.7. The first kappa shape index (κ1) is 31.3. The number of unbranched alkanes of at least 4 members (excludes halogenated alkanes) is 2. The van der Waals surface area contributed by atoms with E-state index in [0.29, 0.717) is 14.7 Å². The Kier molecular flexibility index (Phi) is 18.9. The topological polar surface area (TPSA) is 70.7 Å². The predicted octanol–water partition coefficient (Wildman–Crippen LogP) is 2.61. The Hall–Kier alpha value is 0.331. The number of rotatable bonds is 22. The number of nitrogens with one attached hydrogen (secondary N) is 1. The quantitative estimate of drug-likeness (QED) is 0.181. The van der Waals surface area contributed by atoms with E-state index in [9.17, 15) is 0 Å². The number of nitrogens with zero attached hydrogens (tertiary/aromatic N) is 1. The molecule has 0 aliphatic rings. The lowest BCUT2D eigenvalue weighted by Crippen LogP contribution is -2.51. The van der Waals surface area contributed by atoms with Gasteiger partial charge in [-0.05, 0) is 51.6 Å². The largest absolute Gasteiger partial charge is 0.500 e. The SMILES string of the molecule is CCN(CC)CCCCCC([Si]CNCCC[Si](OC)(OC)OC)[Si](OC)(OC)OC. The lowest BCUT2D eigenvalue weighted by Gasteiger charge is -2.32. The van der Waals surface area contributed by atoms with Gasteiger partial charge in [-0.25, -0.2) is 0 Å². The van der Waals surface area contributed by atoms with Crippen LogP contribution in [0, 0.1) is 0 Å². The van der Waals surface area contributed by atoms with Crippen LogP contribution in [0.4, 0.5) is 0 Å². The molecule has 0 spiro atoms. The molecule has 0 aromatic carbocycles. The summed E-state index contributed by atoms with van der Waals surface area (Å²) in [5, 5.41) is 3.87. The van der Waals surface area contributed by atoms with Crippen LogP contribution in [0.2, 0.25) is 11.2 Å². The van der Waals surface area contributed by atoms with E-state index in [4.69, 9.17) is 26.6 Å². The Balaban J connectivity index is 4.50. The predicted molar refractivity (Wildman–Crippen MR) is 132 cm³/mol.